The zero-order valence-corrected chi connectivity index (χ0v) is 12.5. The van der Waals surface area contributed by atoms with E-state index in [4.69, 9.17) is 4.74 Å². The Hall–Kier alpha value is -3.02. The second-order valence-electron chi connectivity index (χ2n) is 4.88. The molecule has 0 aliphatic heterocycles. The molecule has 23 heavy (non-hydrogen) atoms. The van der Waals surface area contributed by atoms with Crippen molar-refractivity contribution >= 4 is 17.4 Å². The minimum atomic E-state index is -1.02. The molecule has 0 amide bonds. The Bertz CT molecular complexity index is 727. The molecule has 0 spiro atoms. The lowest BCUT2D eigenvalue weighted by molar-refractivity contribution is -0.385. The number of benzene rings is 2. The van der Waals surface area contributed by atoms with E-state index >= 15 is 0 Å². The van der Waals surface area contributed by atoms with Crippen LogP contribution in [0.4, 0.5) is 5.69 Å². The number of esters is 1. The van der Waals surface area contributed by atoms with Crippen molar-refractivity contribution in [2.75, 3.05) is 7.11 Å². The number of hydrogen-bond acceptors (Lipinski definition) is 5. The van der Waals surface area contributed by atoms with Crippen molar-refractivity contribution in [1.29, 1.82) is 0 Å². The van der Waals surface area contributed by atoms with Gasteiger partial charge in [-0.05, 0) is 0 Å². The maximum absolute atomic E-state index is 12.4. The zero-order valence-electron chi connectivity index (χ0n) is 12.5. The number of ketones is 1. The molecule has 0 aliphatic carbocycles. The van der Waals surface area contributed by atoms with Gasteiger partial charge in [0, 0.05) is 23.6 Å². The second kappa shape index (κ2) is 7.31. The van der Waals surface area contributed by atoms with Gasteiger partial charge in [-0.15, -0.1) is 0 Å². The van der Waals surface area contributed by atoms with Crippen LogP contribution in [0.25, 0.3) is 0 Å². The van der Waals surface area contributed by atoms with Crippen molar-refractivity contribution in [3.63, 3.8) is 0 Å². The molecule has 0 aromatic heterocycles. The molecule has 0 aliphatic rings. The van der Waals surface area contributed by atoms with E-state index in [1.807, 2.05) is 0 Å². The Kier molecular flexibility index (Phi) is 5.19. The molecule has 0 heterocycles. The summed E-state index contributed by atoms with van der Waals surface area (Å²) in [6.07, 6.45) is -0.193. The lowest BCUT2D eigenvalue weighted by Crippen LogP contribution is -2.19. The molecule has 2 aromatic carbocycles. The van der Waals surface area contributed by atoms with Crippen LogP contribution in [0, 0.1) is 10.1 Å². The predicted molar refractivity (Wildman–Crippen MR) is 83.2 cm³/mol. The molecule has 0 saturated heterocycles. The van der Waals surface area contributed by atoms with Crippen LogP contribution in [0.5, 0.6) is 0 Å². The van der Waals surface area contributed by atoms with Crippen LogP contribution in [0.2, 0.25) is 0 Å². The number of Topliss-reactive ketones (excluding diaryl/α,β-unsaturated/α-hetero) is 1. The standard InChI is InChI=1S/C17H15NO5/c1-23-17(20)14(11-16(19)12-7-3-2-4-8-12)13-9-5-6-10-15(13)18(21)22/h2-10,14H,11H2,1H3/t14-/m0/s1. The SMILES string of the molecule is COC(=O)[C@@H](CC(=O)c1ccccc1)c1ccccc1[N+](=O)[O-]. The van der Waals surface area contributed by atoms with Crippen LogP contribution >= 0.6 is 0 Å². The highest BCUT2D eigenvalue weighted by atomic mass is 16.6. The highest BCUT2D eigenvalue weighted by Gasteiger charge is 2.30. The van der Waals surface area contributed by atoms with E-state index in [1.54, 1.807) is 36.4 Å². The number of carbonyl (C=O) groups is 2. The van der Waals surface area contributed by atoms with Crippen LogP contribution < -0.4 is 0 Å². The number of hydrogen-bond donors (Lipinski definition) is 0. The monoisotopic (exact) mass is 313 g/mol. The first kappa shape index (κ1) is 16.4. The fourth-order valence-electron chi connectivity index (χ4n) is 2.34. The number of rotatable bonds is 6. The van der Waals surface area contributed by atoms with E-state index in [-0.39, 0.29) is 23.5 Å². The first-order valence-corrected chi connectivity index (χ1v) is 6.94. The van der Waals surface area contributed by atoms with Crippen LogP contribution in [-0.2, 0) is 9.53 Å². The highest BCUT2D eigenvalue weighted by Crippen LogP contribution is 2.30. The van der Waals surface area contributed by atoms with Gasteiger partial charge in [0.15, 0.2) is 5.78 Å². The van der Waals surface area contributed by atoms with Gasteiger partial charge < -0.3 is 4.74 Å². The van der Waals surface area contributed by atoms with Gasteiger partial charge in [-0.2, -0.15) is 0 Å². The van der Waals surface area contributed by atoms with E-state index in [0.717, 1.165) is 0 Å². The number of carbonyl (C=O) groups excluding carboxylic acids is 2. The molecular formula is C17H15NO5. The third kappa shape index (κ3) is 3.79. The maximum atomic E-state index is 12.4. The molecule has 0 fully saturated rings. The zero-order chi connectivity index (χ0) is 16.8. The third-order valence-electron chi connectivity index (χ3n) is 3.48. The summed E-state index contributed by atoms with van der Waals surface area (Å²) in [6, 6.07) is 14.3. The second-order valence-corrected chi connectivity index (χ2v) is 4.88. The van der Waals surface area contributed by atoms with E-state index < -0.39 is 16.8 Å². The molecule has 6 heteroatoms. The molecule has 0 radical (unpaired) electrons. The molecule has 6 nitrogen and oxygen atoms in total. The summed E-state index contributed by atoms with van der Waals surface area (Å²) < 4.78 is 4.72. The van der Waals surface area contributed by atoms with Crippen molar-refractivity contribution in [3.8, 4) is 0 Å². The van der Waals surface area contributed by atoms with E-state index in [1.165, 1.54) is 25.3 Å². The van der Waals surface area contributed by atoms with Gasteiger partial charge in [-0.3, -0.25) is 19.7 Å². The number of para-hydroxylation sites is 1. The first-order chi connectivity index (χ1) is 11.0. The number of nitro groups is 1. The first-order valence-electron chi connectivity index (χ1n) is 6.94. The Balaban J connectivity index is 2.37. The number of nitro benzene ring substituents is 1. The molecule has 0 N–H and O–H groups in total. The minimum absolute atomic E-state index is 0.175. The average Bonchev–Trinajstić information content (AvgIpc) is 2.59. The van der Waals surface area contributed by atoms with Gasteiger partial charge in [-0.1, -0.05) is 48.5 Å². The van der Waals surface area contributed by atoms with Crippen molar-refractivity contribution in [2.24, 2.45) is 0 Å². The van der Waals surface area contributed by atoms with Crippen LogP contribution in [0.3, 0.4) is 0 Å². The van der Waals surface area contributed by atoms with Crippen molar-refractivity contribution in [2.45, 2.75) is 12.3 Å². The molecule has 2 rings (SSSR count). The lowest BCUT2D eigenvalue weighted by Gasteiger charge is -2.14. The summed E-state index contributed by atoms with van der Waals surface area (Å²) in [4.78, 5) is 35.0. The predicted octanol–water partition coefficient (Wildman–Crippen LogP) is 3.12. The van der Waals surface area contributed by atoms with Crippen LogP contribution in [-0.4, -0.2) is 23.8 Å². The fraction of sp³-hybridized carbons (Fsp3) is 0.176. The molecule has 2 aromatic rings. The number of nitrogens with zero attached hydrogens (tertiary/aromatic N) is 1. The summed E-state index contributed by atoms with van der Waals surface area (Å²) in [6.45, 7) is 0. The number of ether oxygens (including phenoxy) is 1. The topological polar surface area (TPSA) is 86.5 Å². The minimum Gasteiger partial charge on any atom is -0.469 e. The van der Waals surface area contributed by atoms with Gasteiger partial charge in [0.2, 0.25) is 0 Å². The van der Waals surface area contributed by atoms with Crippen molar-refractivity contribution in [1.82, 2.24) is 0 Å². The van der Waals surface area contributed by atoms with E-state index in [2.05, 4.69) is 0 Å². The van der Waals surface area contributed by atoms with E-state index in [9.17, 15) is 19.7 Å². The molecule has 0 unspecified atom stereocenters. The van der Waals surface area contributed by atoms with Gasteiger partial charge in [0.05, 0.1) is 18.0 Å². The normalized spacial score (nSPS) is 11.5. The molecule has 1 atom stereocenters. The summed E-state index contributed by atoms with van der Waals surface area (Å²) in [5.41, 5.74) is 0.414. The number of methoxy groups -OCH3 is 1. The van der Waals surface area contributed by atoms with Gasteiger partial charge in [0.25, 0.3) is 5.69 Å². The Morgan fingerprint density at radius 2 is 1.70 bits per heavy atom. The van der Waals surface area contributed by atoms with Crippen molar-refractivity contribution < 1.29 is 19.2 Å². The van der Waals surface area contributed by atoms with Crippen LogP contribution in [0.15, 0.2) is 54.6 Å². The van der Waals surface area contributed by atoms with Gasteiger partial charge >= 0.3 is 5.97 Å². The fourth-order valence-corrected chi connectivity index (χ4v) is 2.34. The van der Waals surface area contributed by atoms with Crippen LogP contribution in [0.1, 0.15) is 28.3 Å². The Labute approximate surface area is 132 Å². The molecule has 118 valence electrons. The summed E-state index contributed by atoms with van der Waals surface area (Å²) in [5, 5.41) is 11.2. The Morgan fingerprint density at radius 3 is 2.30 bits per heavy atom. The third-order valence-corrected chi connectivity index (χ3v) is 3.48. The smallest absolute Gasteiger partial charge is 0.313 e. The van der Waals surface area contributed by atoms with Crippen molar-refractivity contribution in [3.05, 3.63) is 75.8 Å². The summed E-state index contributed by atoms with van der Waals surface area (Å²) in [5.74, 6) is -1.97. The van der Waals surface area contributed by atoms with Gasteiger partial charge in [-0.25, -0.2) is 0 Å². The maximum Gasteiger partial charge on any atom is 0.313 e. The molecule has 0 bridgehead atoms. The molecular weight excluding hydrogens is 298 g/mol. The van der Waals surface area contributed by atoms with Gasteiger partial charge in [0.1, 0.15) is 0 Å². The highest BCUT2D eigenvalue weighted by molar-refractivity contribution is 5.99. The summed E-state index contributed by atoms with van der Waals surface area (Å²) in [7, 11) is 1.19. The van der Waals surface area contributed by atoms with E-state index in [0.29, 0.717) is 5.56 Å². The lowest BCUT2D eigenvalue weighted by atomic mass is 9.90. The Morgan fingerprint density at radius 1 is 1.09 bits per heavy atom. The molecule has 0 saturated carbocycles. The quantitative estimate of drug-likeness (QED) is 0.354. The largest absolute Gasteiger partial charge is 0.469 e. The average molecular weight is 313 g/mol. The summed E-state index contributed by atoms with van der Waals surface area (Å²) >= 11 is 0.